The lowest BCUT2D eigenvalue weighted by Crippen LogP contribution is -1.99. The first-order valence-electron chi connectivity index (χ1n) is 9.03. The Hall–Kier alpha value is -2.01. The first-order chi connectivity index (χ1) is 13.3. The fraction of sp³-hybridized carbons (Fsp3) is 0.273. The molecule has 0 aliphatic rings. The molecule has 0 spiro atoms. The van der Waals surface area contributed by atoms with Crippen LogP contribution in [0.5, 0.6) is 0 Å². The van der Waals surface area contributed by atoms with Gasteiger partial charge in [-0.3, -0.25) is 0 Å². The fourth-order valence-corrected chi connectivity index (χ4v) is 2.93. The lowest BCUT2D eigenvalue weighted by atomic mass is 9.94. The summed E-state index contributed by atoms with van der Waals surface area (Å²) >= 11 is 12.0. The van der Waals surface area contributed by atoms with Gasteiger partial charge in [0.2, 0.25) is 0 Å². The van der Waals surface area contributed by atoms with Crippen LogP contribution in [0.4, 0.5) is 10.1 Å². The van der Waals surface area contributed by atoms with Crippen LogP contribution in [-0.2, 0) is 0 Å². The predicted octanol–water partition coefficient (Wildman–Crippen LogP) is 6.66. The molecule has 0 saturated carbocycles. The van der Waals surface area contributed by atoms with E-state index in [9.17, 15) is 9.50 Å². The molecule has 0 saturated heterocycles. The zero-order chi connectivity index (χ0) is 21.3. The molecule has 5 N–H and O–H groups in total. The van der Waals surface area contributed by atoms with E-state index in [1.807, 2.05) is 0 Å². The summed E-state index contributed by atoms with van der Waals surface area (Å²) in [7, 11) is 1.50. The molecule has 0 bridgehead atoms. The minimum Gasteiger partial charge on any atom is -0.508 e. The van der Waals surface area contributed by atoms with E-state index in [1.165, 1.54) is 19.2 Å². The van der Waals surface area contributed by atoms with Gasteiger partial charge in [-0.15, -0.1) is 0 Å². The standard InChI is InChI=1S/C21H22Cl2FNO.CH5N/c1-3-4-5-6-15(26)11-17(16-8-7-14(22)10-21(16)25)18-9-13(2)19(23)12-20(18)24;1-2/h6-12,26H,3-5,25H2,1-2H3;2H2,1H3/b15-6-,17-11-;. The maximum Gasteiger partial charge on any atom is 0.132 e. The summed E-state index contributed by atoms with van der Waals surface area (Å²) in [6.07, 6.45) is 5.97. The van der Waals surface area contributed by atoms with Crippen molar-refractivity contribution in [2.45, 2.75) is 33.1 Å². The molecular weight excluding hydrogens is 398 g/mol. The summed E-state index contributed by atoms with van der Waals surface area (Å²) in [5.41, 5.74) is 13.1. The van der Waals surface area contributed by atoms with Crippen molar-refractivity contribution in [3.8, 4) is 0 Å². The number of unbranched alkanes of at least 4 members (excludes halogenated alkanes) is 2. The van der Waals surface area contributed by atoms with Crippen LogP contribution in [0.1, 0.15) is 42.9 Å². The van der Waals surface area contributed by atoms with Crippen LogP contribution in [-0.4, -0.2) is 12.2 Å². The number of anilines is 1. The smallest absolute Gasteiger partial charge is 0.132 e. The van der Waals surface area contributed by atoms with E-state index in [2.05, 4.69) is 12.7 Å². The number of aliphatic hydroxyl groups excluding tert-OH is 1. The summed E-state index contributed by atoms with van der Waals surface area (Å²) in [5, 5.41) is 11.1. The minimum absolute atomic E-state index is 0.0646. The molecular formula is C22H27Cl2FN2O. The third-order valence-electron chi connectivity index (χ3n) is 4.05. The highest BCUT2D eigenvalue weighted by Crippen LogP contribution is 2.34. The number of nitrogen functional groups attached to an aromatic ring is 1. The third kappa shape index (κ3) is 6.55. The zero-order valence-electron chi connectivity index (χ0n) is 16.4. The van der Waals surface area contributed by atoms with Crippen molar-refractivity contribution in [3.63, 3.8) is 0 Å². The Morgan fingerprint density at radius 2 is 1.82 bits per heavy atom. The van der Waals surface area contributed by atoms with E-state index >= 15 is 0 Å². The van der Waals surface area contributed by atoms with Crippen molar-refractivity contribution in [2.24, 2.45) is 5.73 Å². The topological polar surface area (TPSA) is 72.3 Å². The average molecular weight is 425 g/mol. The van der Waals surface area contributed by atoms with E-state index < -0.39 is 5.82 Å². The Morgan fingerprint density at radius 1 is 1.14 bits per heavy atom. The van der Waals surface area contributed by atoms with Crippen molar-refractivity contribution in [1.82, 2.24) is 0 Å². The second-order valence-corrected chi connectivity index (χ2v) is 6.99. The highest BCUT2D eigenvalue weighted by atomic mass is 35.5. The molecule has 0 aliphatic heterocycles. The number of hydrogen-bond acceptors (Lipinski definition) is 3. The highest BCUT2D eigenvalue weighted by Gasteiger charge is 2.16. The SMILES string of the molecule is CCCC/C=C(O)/C=C(/c1ccc(Cl)cc1N)c1cc(C)c(Cl)cc1F.CN. The van der Waals surface area contributed by atoms with Gasteiger partial charge in [-0.25, -0.2) is 4.39 Å². The van der Waals surface area contributed by atoms with Gasteiger partial charge in [0.05, 0.1) is 0 Å². The number of halogens is 3. The molecule has 0 fully saturated rings. The Bertz CT molecular complexity index is 864. The quantitative estimate of drug-likeness (QED) is 0.210. The van der Waals surface area contributed by atoms with Crippen LogP contribution in [0, 0.1) is 12.7 Å². The summed E-state index contributed by atoms with van der Waals surface area (Å²) in [4.78, 5) is 0. The van der Waals surface area contributed by atoms with Crippen molar-refractivity contribution in [3.05, 3.63) is 80.8 Å². The number of hydrogen-bond donors (Lipinski definition) is 3. The van der Waals surface area contributed by atoms with Crippen LogP contribution >= 0.6 is 23.2 Å². The number of aryl methyl sites for hydroxylation is 1. The van der Waals surface area contributed by atoms with Gasteiger partial charge in [-0.1, -0.05) is 42.6 Å². The lowest BCUT2D eigenvalue weighted by Gasteiger charge is -2.14. The summed E-state index contributed by atoms with van der Waals surface area (Å²) in [6, 6.07) is 7.91. The van der Waals surface area contributed by atoms with Crippen LogP contribution in [0.3, 0.4) is 0 Å². The Balaban J connectivity index is 0.00000190. The molecule has 0 unspecified atom stereocenters. The second-order valence-electron chi connectivity index (χ2n) is 6.14. The van der Waals surface area contributed by atoms with Crippen LogP contribution in [0.25, 0.3) is 5.57 Å². The molecule has 0 amide bonds. The summed E-state index contributed by atoms with van der Waals surface area (Å²) < 4.78 is 14.6. The van der Waals surface area contributed by atoms with E-state index in [0.29, 0.717) is 32.4 Å². The lowest BCUT2D eigenvalue weighted by molar-refractivity contribution is 0.429. The number of rotatable bonds is 6. The number of allylic oxidation sites excluding steroid dienone is 2. The fourth-order valence-electron chi connectivity index (χ4n) is 2.60. The Labute approximate surface area is 176 Å². The van der Waals surface area contributed by atoms with Crippen LogP contribution in [0.2, 0.25) is 10.0 Å². The van der Waals surface area contributed by atoms with Crippen molar-refractivity contribution >= 4 is 34.5 Å². The first kappa shape index (κ1) is 24.0. The molecule has 0 aromatic heterocycles. The molecule has 3 nitrogen and oxygen atoms in total. The van der Waals surface area contributed by atoms with Crippen LogP contribution < -0.4 is 11.5 Å². The predicted molar refractivity (Wildman–Crippen MR) is 119 cm³/mol. The minimum atomic E-state index is -0.484. The van der Waals surface area contributed by atoms with E-state index in [4.69, 9.17) is 28.9 Å². The van der Waals surface area contributed by atoms with Gasteiger partial charge in [-0.2, -0.15) is 0 Å². The summed E-state index contributed by atoms with van der Waals surface area (Å²) in [5.74, 6) is -0.419. The molecule has 2 aromatic rings. The van der Waals surface area contributed by atoms with Crippen LogP contribution in [0.15, 0.2) is 48.2 Å². The molecule has 2 aromatic carbocycles. The van der Waals surface area contributed by atoms with Crippen molar-refractivity contribution in [1.29, 1.82) is 0 Å². The van der Waals surface area contributed by atoms with Gasteiger partial charge in [-0.05, 0) is 74.4 Å². The highest BCUT2D eigenvalue weighted by molar-refractivity contribution is 6.31. The largest absolute Gasteiger partial charge is 0.508 e. The molecule has 0 heterocycles. The molecule has 0 atom stereocenters. The normalized spacial score (nSPS) is 11.8. The zero-order valence-corrected chi connectivity index (χ0v) is 17.9. The first-order valence-corrected chi connectivity index (χ1v) is 9.79. The monoisotopic (exact) mass is 424 g/mol. The molecule has 2 rings (SSSR count). The Morgan fingerprint density at radius 3 is 2.43 bits per heavy atom. The average Bonchev–Trinajstić information content (AvgIpc) is 2.65. The Kier molecular flexibility index (Phi) is 10.1. The molecule has 28 heavy (non-hydrogen) atoms. The van der Waals surface area contributed by atoms with Gasteiger partial charge in [0.1, 0.15) is 11.6 Å². The van der Waals surface area contributed by atoms with E-state index in [1.54, 1.807) is 37.3 Å². The van der Waals surface area contributed by atoms with Gasteiger partial charge < -0.3 is 16.6 Å². The molecule has 152 valence electrons. The van der Waals surface area contributed by atoms with Crippen molar-refractivity contribution < 1.29 is 9.50 Å². The number of benzene rings is 2. The third-order valence-corrected chi connectivity index (χ3v) is 4.69. The van der Waals surface area contributed by atoms with Gasteiger partial charge >= 0.3 is 0 Å². The number of nitrogens with two attached hydrogens (primary N) is 2. The van der Waals surface area contributed by atoms with E-state index in [-0.39, 0.29) is 5.76 Å². The molecule has 6 heteroatoms. The molecule has 0 aliphatic carbocycles. The van der Waals surface area contributed by atoms with E-state index in [0.717, 1.165) is 24.8 Å². The maximum atomic E-state index is 14.6. The van der Waals surface area contributed by atoms with Gasteiger partial charge in [0.15, 0.2) is 0 Å². The number of aliphatic hydroxyl groups is 1. The second kappa shape index (κ2) is 11.7. The maximum absolute atomic E-state index is 14.6. The summed E-state index contributed by atoms with van der Waals surface area (Å²) in [6.45, 7) is 3.87. The van der Waals surface area contributed by atoms with Crippen molar-refractivity contribution in [2.75, 3.05) is 12.8 Å². The van der Waals surface area contributed by atoms with Gasteiger partial charge in [0.25, 0.3) is 0 Å². The molecule has 0 radical (unpaired) electrons. The van der Waals surface area contributed by atoms with Gasteiger partial charge in [0, 0.05) is 26.9 Å².